The molecule has 1 aliphatic heterocycles. The van der Waals surface area contributed by atoms with Crippen LogP contribution in [0.25, 0.3) is 0 Å². The van der Waals surface area contributed by atoms with Crippen molar-refractivity contribution in [3.05, 3.63) is 17.5 Å². The molecule has 0 bridgehead atoms. The molecular formula is C15H28N4. The van der Waals surface area contributed by atoms with Gasteiger partial charge < -0.3 is 5.32 Å². The van der Waals surface area contributed by atoms with E-state index in [0.717, 1.165) is 25.4 Å². The van der Waals surface area contributed by atoms with Crippen molar-refractivity contribution in [1.29, 1.82) is 0 Å². The Morgan fingerprint density at radius 1 is 1.32 bits per heavy atom. The van der Waals surface area contributed by atoms with Crippen LogP contribution in [-0.2, 0) is 20.0 Å². The maximum Gasteiger partial charge on any atom is 0.0625 e. The van der Waals surface area contributed by atoms with E-state index >= 15 is 0 Å². The largest absolute Gasteiger partial charge is 0.317 e. The van der Waals surface area contributed by atoms with Crippen LogP contribution in [0.15, 0.2) is 6.07 Å². The maximum absolute atomic E-state index is 4.53. The summed E-state index contributed by atoms with van der Waals surface area (Å²) in [6.07, 6.45) is 3.68. The fourth-order valence-corrected chi connectivity index (χ4v) is 2.82. The van der Waals surface area contributed by atoms with Crippen molar-refractivity contribution < 1.29 is 0 Å². The van der Waals surface area contributed by atoms with E-state index in [9.17, 15) is 0 Å². The number of likely N-dealkylation sites (tertiary alicyclic amines) is 1. The average Bonchev–Trinajstić information content (AvgIpc) is 2.79. The zero-order valence-electron chi connectivity index (χ0n) is 12.7. The van der Waals surface area contributed by atoms with Crippen LogP contribution >= 0.6 is 0 Å². The Balaban J connectivity index is 1.80. The Morgan fingerprint density at radius 3 is 2.63 bits per heavy atom. The maximum atomic E-state index is 4.53. The van der Waals surface area contributed by atoms with E-state index < -0.39 is 0 Å². The predicted molar refractivity (Wildman–Crippen MR) is 79.1 cm³/mol. The van der Waals surface area contributed by atoms with E-state index in [1.54, 1.807) is 0 Å². The second-order valence-corrected chi connectivity index (χ2v) is 5.63. The number of rotatable bonds is 6. The van der Waals surface area contributed by atoms with Crippen molar-refractivity contribution in [3.8, 4) is 0 Å². The van der Waals surface area contributed by atoms with Crippen molar-refractivity contribution in [1.82, 2.24) is 20.0 Å². The third kappa shape index (κ3) is 4.05. The van der Waals surface area contributed by atoms with Gasteiger partial charge in [-0.2, -0.15) is 5.10 Å². The zero-order chi connectivity index (χ0) is 13.7. The van der Waals surface area contributed by atoms with Gasteiger partial charge in [0.15, 0.2) is 0 Å². The van der Waals surface area contributed by atoms with Crippen molar-refractivity contribution in [2.75, 3.05) is 26.2 Å². The molecule has 4 nitrogen and oxygen atoms in total. The lowest BCUT2D eigenvalue weighted by molar-refractivity contribution is 0.172. The third-order valence-corrected chi connectivity index (χ3v) is 4.17. The predicted octanol–water partition coefficient (Wildman–Crippen LogP) is 1.80. The summed E-state index contributed by atoms with van der Waals surface area (Å²) in [6.45, 7) is 10.1. The van der Waals surface area contributed by atoms with Crippen molar-refractivity contribution in [2.24, 2.45) is 13.0 Å². The SMILES string of the molecule is CCNCC1CCN(Cc2cc(CC)nn2C)CC1. The Bertz CT molecular complexity index is 377. The van der Waals surface area contributed by atoms with Crippen LogP contribution in [0.5, 0.6) is 0 Å². The van der Waals surface area contributed by atoms with Gasteiger partial charge in [-0.25, -0.2) is 0 Å². The van der Waals surface area contributed by atoms with Crippen LogP contribution in [0.3, 0.4) is 0 Å². The molecule has 0 unspecified atom stereocenters. The van der Waals surface area contributed by atoms with Gasteiger partial charge in [0.1, 0.15) is 0 Å². The zero-order valence-corrected chi connectivity index (χ0v) is 12.7. The van der Waals surface area contributed by atoms with Crippen LogP contribution in [0.2, 0.25) is 0 Å². The van der Waals surface area contributed by atoms with E-state index in [-0.39, 0.29) is 0 Å². The molecule has 0 radical (unpaired) electrons. The molecule has 4 heteroatoms. The first-order valence-electron chi connectivity index (χ1n) is 7.67. The van der Waals surface area contributed by atoms with Crippen LogP contribution < -0.4 is 5.32 Å². The second kappa shape index (κ2) is 7.06. The molecule has 0 aliphatic carbocycles. The minimum absolute atomic E-state index is 0.869. The molecule has 1 fully saturated rings. The van der Waals surface area contributed by atoms with Crippen molar-refractivity contribution in [2.45, 2.75) is 39.7 Å². The minimum atomic E-state index is 0.869. The Morgan fingerprint density at radius 2 is 2.05 bits per heavy atom. The highest BCUT2D eigenvalue weighted by atomic mass is 15.3. The van der Waals surface area contributed by atoms with Gasteiger partial charge in [-0.05, 0) is 57.4 Å². The lowest BCUT2D eigenvalue weighted by Crippen LogP contribution is -2.37. The third-order valence-electron chi connectivity index (χ3n) is 4.17. The minimum Gasteiger partial charge on any atom is -0.317 e. The highest BCUT2D eigenvalue weighted by Gasteiger charge is 2.19. The second-order valence-electron chi connectivity index (χ2n) is 5.63. The molecule has 1 N–H and O–H groups in total. The molecule has 0 amide bonds. The molecule has 0 saturated carbocycles. The van der Waals surface area contributed by atoms with Crippen LogP contribution in [0.1, 0.15) is 38.1 Å². The smallest absolute Gasteiger partial charge is 0.0625 e. The summed E-state index contributed by atoms with van der Waals surface area (Å²) in [5.41, 5.74) is 2.56. The van der Waals surface area contributed by atoms with Gasteiger partial charge in [0, 0.05) is 13.6 Å². The van der Waals surface area contributed by atoms with E-state index in [1.165, 1.54) is 43.9 Å². The topological polar surface area (TPSA) is 33.1 Å². The molecular weight excluding hydrogens is 236 g/mol. The number of aryl methyl sites for hydroxylation is 2. The summed E-state index contributed by atoms with van der Waals surface area (Å²) in [6, 6.07) is 2.25. The molecule has 2 rings (SSSR count). The van der Waals surface area contributed by atoms with E-state index in [2.05, 4.69) is 42.3 Å². The first-order chi connectivity index (χ1) is 9.22. The monoisotopic (exact) mass is 264 g/mol. The quantitative estimate of drug-likeness (QED) is 0.850. The van der Waals surface area contributed by atoms with Gasteiger partial charge in [-0.1, -0.05) is 13.8 Å². The molecule has 0 aromatic carbocycles. The van der Waals surface area contributed by atoms with Crippen LogP contribution in [0, 0.1) is 5.92 Å². The number of hydrogen-bond donors (Lipinski definition) is 1. The molecule has 1 aliphatic rings. The van der Waals surface area contributed by atoms with Gasteiger partial charge >= 0.3 is 0 Å². The molecule has 1 saturated heterocycles. The normalized spacial score (nSPS) is 18.1. The van der Waals surface area contributed by atoms with Gasteiger partial charge in [-0.15, -0.1) is 0 Å². The number of aromatic nitrogens is 2. The molecule has 108 valence electrons. The molecule has 0 spiro atoms. The molecule has 2 heterocycles. The standard InChI is InChI=1S/C15H28N4/c1-4-14-10-15(18(3)17-14)12-19-8-6-13(7-9-19)11-16-5-2/h10,13,16H,4-9,11-12H2,1-3H3. The Kier molecular flexibility index (Phi) is 5.40. The summed E-state index contributed by atoms with van der Waals surface area (Å²) in [5, 5.41) is 8.00. The number of nitrogens with zero attached hydrogens (tertiary/aromatic N) is 3. The van der Waals surface area contributed by atoms with Gasteiger partial charge in [-0.3, -0.25) is 9.58 Å². The lowest BCUT2D eigenvalue weighted by Gasteiger charge is -2.31. The van der Waals surface area contributed by atoms with E-state index in [1.807, 2.05) is 4.68 Å². The molecule has 1 aromatic heterocycles. The van der Waals surface area contributed by atoms with Gasteiger partial charge in [0.2, 0.25) is 0 Å². The number of nitrogens with one attached hydrogen (secondary N) is 1. The fraction of sp³-hybridized carbons (Fsp3) is 0.800. The van der Waals surface area contributed by atoms with Gasteiger partial charge in [0.25, 0.3) is 0 Å². The van der Waals surface area contributed by atoms with Crippen LogP contribution in [-0.4, -0.2) is 40.9 Å². The van der Waals surface area contributed by atoms with Crippen molar-refractivity contribution in [3.63, 3.8) is 0 Å². The lowest BCUT2D eigenvalue weighted by atomic mass is 9.96. The Hall–Kier alpha value is -0.870. The first-order valence-corrected chi connectivity index (χ1v) is 7.67. The average molecular weight is 264 g/mol. The number of hydrogen-bond acceptors (Lipinski definition) is 3. The van der Waals surface area contributed by atoms with Crippen molar-refractivity contribution >= 4 is 0 Å². The van der Waals surface area contributed by atoms with E-state index in [4.69, 9.17) is 0 Å². The number of piperidine rings is 1. The summed E-state index contributed by atoms with van der Waals surface area (Å²) in [7, 11) is 2.06. The Labute approximate surface area is 117 Å². The summed E-state index contributed by atoms with van der Waals surface area (Å²) in [4.78, 5) is 2.57. The summed E-state index contributed by atoms with van der Waals surface area (Å²) in [5.74, 6) is 0.869. The fourth-order valence-electron chi connectivity index (χ4n) is 2.82. The van der Waals surface area contributed by atoms with Gasteiger partial charge in [0.05, 0.1) is 11.4 Å². The first kappa shape index (κ1) is 14.5. The highest BCUT2D eigenvalue weighted by molar-refractivity contribution is 5.10. The summed E-state index contributed by atoms with van der Waals surface area (Å²) < 4.78 is 2.05. The summed E-state index contributed by atoms with van der Waals surface area (Å²) >= 11 is 0. The molecule has 0 atom stereocenters. The highest BCUT2D eigenvalue weighted by Crippen LogP contribution is 2.18. The van der Waals surface area contributed by atoms with E-state index in [0.29, 0.717) is 0 Å². The molecule has 19 heavy (non-hydrogen) atoms. The van der Waals surface area contributed by atoms with Crippen LogP contribution in [0.4, 0.5) is 0 Å². The molecule has 1 aromatic rings.